The average molecular weight is 295 g/mol. The molecule has 2 aromatic carbocycles. The number of halogens is 2. The second-order valence-electron chi connectivity index (χ2n) is 3.50. The molecule has 0 aromatic heterocycles. The largest absolute Gasteiger partial charge is 0.507 e. The first-order valence-corrected chi connectivity index (χ1v) is 5.66. The van der Waals surface area contributed by atoms with Gasteiger partial charge in [0, 0.05) is 10.0 Å². The first-order valence-electron chi connectivity index (χ1n) is 4.87. The second-order valence-corrected chi connectivity index (χ2v) is 4.41. The first kappa shape index (κ1) is 11.8. The van der Waals surface area contributed by atoms with Crippen molar-refractivity contribution in [3.8, 4) is 5.75 Å². The van der Waals surface area contributed by atoms with E-state index in [9.17, 15) is 14.3 Å². The number of carbonyl (C=O) groups is 1. The molecule has 1 N–H and O–H groups in total. The third-order valence-electron chi connectivity index (χ3n) is 2.31. The van der Waals surface area contributed by atoms with Gasteiger partial charge in [0.1, 0.15) is 11.6 Å². The normalized spacial score (nSPS) is 10.2. The van der Waals surface area contributed by atoms with Crippen LogP contribution >= 0.6 is 15.9 Å². The SMILES string of the molecule is O=C(c1ccc(Br)cc1)c1cc(F)ccc1O. The molecule has 0 spiro atoms. The zero-order chi connectivity index (χ0) is 12.4. The predicted molar refractivity (Wildman–Crippen MR) is 65.6 cm³/mol. The topological polar surface area (TPSA) is 37.3 Å². The highest BCUT2D eigenvalue weighted by Crippen LogP contribution is 2.22. The van der Waals surface area contributed by atoms with Crippen molar-refractivity contribution < 1.29 is 14.3 Å². The van der Waals surface area contributed by atoms with Gasteiger partial charge in [-0.1, -0.05) is 15.9 Å². The van der Waals surface area contributed by atoms with Crippen LogP contribution in [0.25, 0.3) is 0 Å². The van der Waals surface area contributed by atoms with Gasteiger partial charge in [-0.15, -0.1) is 0 Å². The molecular formula is C13H8BrFO2. The lowest BCUT2D eigenvalue weighted by Gasteiger charge is -2.04. The number of phenolic OH excluding ortho intramolecular Hbond substituents is 1. The third kappa shape index (κ3) is 2.53. The molecule has 2 rings (SSSR count). The smallest absolute Gasteiger partial charge is 0.196 e. The fourth-order valence-electron chi connectivity index (χ4n) is 1.45. The van der Waals surface area contributed by atoms with Crippen LogP contribution in [-0.2, 0) is 0 Å². The van der Waals surface area contributed by atoms with E-state index in [1.54, 1.807) is 24.3 Å². The van der Waals surface area contributed by atoms with Crippen molar-refractivity contribution in [1.29, 1.82) is 0 Å². The minimum atomic E-state index is -0.553. The molecule has 0 saturated heterocycles. The monoisotopic (exact) mass is 294 g/mol. The Hall–Kier alpha value is -1.68. The van der Waals surface area contributed by atoms with E-state index in [2.05, 4.69) is 15.9 Å². The molecule has 0 fully saturated rings. The van der Waals surface area contributed by atoms with Gasteiger partial charge in [0.2, 0.25) is 0 Å². The zero-order valence-electron chi connectivity index (χ0n) is 8.65. The maximum absolute atomic E-state index is 13.0. The van der Waals surface area contributed by atoms with Crippen molar-refractivity contribution in [2.75, 3.05) is 0 Å². The van der Waals surface area contributed by atoms with Crippen LogP contribution in [0.4, 0.5) is 4.39 Å². The van der Waals surface area contributed by atoms with Gasteiger partial charge in [-0.3, -0.25) is 4.79 Å². The lowest BCUT2D eigenvalue weighted by Crippen LogP contribution is -2.02. The number of aromatic hydroxyl groups is 1. The number of ketones is 1. The Morgan fingerprint density at radius 2 is 1.76 bits per heavy atom. The molecule has 0 atom stereocenters. The van der Waals surface area contributed by atoms with Crippen molar-refractivity contribution in [2.45, 2.75) is 0 Å². The van der Waals surface area contributed by atoms with Gasteiger partial charge in [0.15, 0.2) is 5.78 Å². The molecule has 0 bridgehead atoms. The van der Waals surface area contributed by atoms with E-state index in [4.69, 9.17) is 0 Å². The molecule has 2 nitrogen and oxygen atoms in total. The zero-order valence-corrected chi connectivity index (χ0v) is 10.2. The fraction of sp³-hybridized carbons (Fsp3) is 0. The number of hydrogen-bond acceptors (Lipinski definition) is 2. The van der Waals surface area contributed by atoms with Crippen LogP contribution in [0.2, 0.25) is 0 Å². The van der Waals surface area contributed by atoms with E-state index in [1.165, 1.54) is 6.07 Å². The Balaban J connectivity index is 2.43. The van der Waals surface area contributed by atoms with Crippen LogP contribution in [0.15, 0.2) is 46.9 Å². The third-order valence-corrected chi connectivity index (χ3v) is 2.84. The lowest BCUT2D eigenvalue weighted by atomic mass is 10.0. The molecule has 0 radical (unpaired) electrons. The van der Waals surface area contributed by atoms with Crippen LogP contribution in [0.5, 0.6) is 5.75 Å². The molecule has 86 valence electrons. The summed E-state index contributed by atoms with van der Waals surface area (Å²) in [5.74, 6) is -1.18. The quantitative estimate of drug-likeness (QED) is 0.861. The maximum atomic E-state index is 13.0. The van der Waals surface area contributed by atoms with E-state index < -0.39 is 11.6 Å². The van der Waals surface area contributed by atoms with Gasteiger partial charge in [-0.05, 0) is 42.5 Å². The number of rotatable bonds is 2. The van der Waals surface area contributed by atoms with Crippen LogP contribution < -0.4 is 0 Å². The molecular weight excluding hydrogens is 287 g/mol. The number of carbonyl (C=O) groups excluding carboxylic acids is 1. The lowest BCUT2D eigenvalue weighted by molar-refractivity contribution is 0.103. The number of hydrogen-bond donors (Lipinski definition) is 1. The minimum Gasteiger partial charge on any atom is -0.507 e. The molecule has 0 saturated carbocycles. The summed E-state index contributed by atoms with van der Waals surface area (Å²) in [4.78, 5) is 12.0. The Morgan fingerprint density at radius 3 is 2.41 bits per heavy atom. The van der Waals surface area contributed by atoms with E-state index in [1.807, 2.05) is 0 Å². The highest BCUT2D eigenvalue weighted by atomic mass is 79.9. The molecule has 2 aromatic rings. The van der Waals surface area contributed by atoms with Gasteiger partial charge in [0.05, 0.1) is 5.56 Å². The Morgan fingerprint density at radius 1 is 1.12 bits per heavy atom. The van der Waals surface area contributed by atoms with Crippen molar-refractivity contribution in [3.05, 3.63) is 63.9 Å². The summed E-state index contributed by atoms with van der Waals surface area (Å²) in [5.41, 5.74) is 0.362. The Bertz CT molecular complexity index is 564. The molecule has 0 amide bonds. The molecule has 0 heterocycles. The van der Waals surface area contributed by atoms with E-state index in [-0.39, 0.29) is 11.3 Å². The van der Waals surface area contributed by atoms with Gasteiger partial charge in [-0.2, -0.15) is 0 Å². The Kier molecular flexibility index (Phi) is 3.24. The maximum Gasteiger partial charge on any atom is 0.196 e. The summed E-state index contributed by atoms with van der Waals surface area (Å²) < 4.78 is 13.9. The van der Waals surface area contributed by atoms with Crippen LogP contribution in [0.1, 0.15) is 15.9 Å². The van der Waals surface area contributed by atoms with Crippen LogP contribution in [0, 0.1) is 5.82 Å². The predicted octanol–water partition coefficient (Wildman–Crippen LogP) is 3.52. The number of benzene rings is 2. The van der Waals surface area contributed by atoms with E-state index in [0.717, 1.165) is 16.6 Å². The Labute approximate surface area is 106 Å². The van der Waals surface area contributed by atoms with Gasteiger partial charge in [-0.25, -0.2) is 4.39 Å². The molecule has 4 heteroatoms. The van der Waals surface area contributed by atoms with E-state index in [0.29, 0.717) is 5.56 Å². The molecule has 0 aliphatic heterocycles. The average Bonchev–Trinajstić information content (AvgIpc) is 2.32. The molecule has 0 aliphatic carbocycles. The van der Waals surface area contributed by atoms with Crippen molar-refractivity contribution >= 4 is 21.7 Å². The molecule has 0 unspecified atom stereocenters. The fourth-order valence-corrected chi connectivity index (χ4v) is 1.71. The van der Waals surface area contributed by atoms with Gasteiger partial charge < -0.3 is 5.11 Å². The van der Waals surface area contributed by atoms with Crippen LogP contribution in [-0.4, -0.2) is 10.9 Å². The van der Waals surface area contributed by atoms with E-state index >= 15 is 0 Å². The summed E-state index contributed by atoms with van der Waals surface area (Å²) in [6, 6.07) is 9.94. The summed E-state index contributed by atoms with van der Waals surface area (Å²) in [5, 5.41) is 9.52. The number of phenols is 1. The highest BCUT2D eigenvalue weighted by Gasteiger charge is 2.14. The highest BCUT2D eigenvalue weighted by molar-refractivity contribution is 9.10. The summed E-state index contributed by atoms with van der Waals surface area (Å²) in [6.45, 7) is 0. The summed E-state index contributed by atoms with van der Waals surface area (Å²) >= 11 is 3.26. The second kappa shape index (κ2) is 4.67. The van der Waals surface area contributed by atoms with Gasteiger partial charge >= 0.3 is 0 Å². The first-order chi connectivity index (χ1) is 8.08. The van der Waals surface area contributed by atoms with Crippen molar-refractivity contribution in [3.63, 3.8) is 0 Å². The van der Waals surface area contributed by atoms with Gasteiger partial charge in [0.25, 0.3) is 0 Å². The summed E-state index contributed by atoms with van der Waals surface area (Å²) in [6.07, 6.45) is 0. The molecule has 0 aliphatic rings. The van der Waals surface area contributed by atoms with Crippen molar-refractivity contribution in [2.24, 2.45) is 0 Å². The van der Waals surface area contributed by atoms with Crippen molar-refractivity contribution in [1.82, 2.24) is 0 Å². The summed E-state index contributed by atoms with van der Waals surface area (Å²) in [7, 11) is 0. The van der Waals surface area contributed by atoms with Crippen LogP contribution in [0.3, 0.4) is 0 Å². The standard InChI is InChI=1S/C13H8BrFO2/c14-9-3-1-8(2-4-9)13(17)11-7-10(15)5-6-12(11)16/h1-7,16H. The molecule has 17 heavy (non-hydrogen) atoms. The minimum absolute atomic E-state index is 0.0349.